The molecule has 2 N–H and O–H groups in total. The smallest absolute Gasteiger partial charge is 0.337 e. The minimum absolute atomic E-state index is 0.183. The van der Waals surface area contributed by atoms with Gasteiger partial charge in [-0.1, -0.05) is 6.07 Å². The van der Waals surface area contributed by atoms with Crippen LogP contribution in [0.2, 0.25) is 0 Å². The number of nitrogens with zero attached hydrogens (tertiary/aromatic N) is 2. The SMILES string of the molecule is COc1ncccc1CNCc1ccc(C(=O)O)cn1. The molecule has 2 heterocycles. The van der Waals surface area contributed by atoms with Crippen molar-refractivity contribution in [3.8, 4) is 5.88 Å². The monoisotopic (exact) mass is 273 g/mol. The highest BCUT2D eigenvalue weighted by atomic mass is 16.5. The zero-order valence-corrected chi connectivity index (χ0v) is 11.0. The maximum atomic E-state index is 10.7. The number of aromatic nitrogens is 2. The van der Waals surface area contributed by atoms with Crippen LogP contribution in [0.3, 0.4) is 0 Å². The number of hydrogen-bond acceptors (Lipinski definition) is 5. The maximum absolute atomic E-state index is 10.7. The largest absolute Gasteiger partial charge is 0.481 e. The number of methoxy groups -OCH3 is 1. The van der Waals surface area contributed by atoms with Gasteiger partial charge in [0.2, 0.25) is 5.88 Å². The molecular formula is C14H15N3O3. The number of rotatable bonds is 6. The summed E-state index contributed by atoms with van der Waals surface area (Å²) in [6.45, 7) is 1.14. The molecule has 0 aromatic carbocycles. The van der Waals surface area contributed by atoms with Gasteiger partial charge in [-0.05, 0) is 18.2 Å². The van der Waals surface area contributed by atoms with Gasteiger partial charge in [0.15, 0.2) is 0 Å². The fourth-order valence-electron chi connectivity index (χ4n) is 1.72. The number of aromatic carboxylic acids is 1. The fourth-order valence-corrected chi connectivity index (χ4v) is 1.72. The lowest BCUT2D eigenvalue weighted by molar-refractivity contribution is 0.0696. The van der Waals surface area contributed by atoms with Crippen LogP contribution in [-0.2, 0) is 13.1 Å². The number of pyridine rings is 2. The number of hydrogen-bond donors (Lipinski definition) is 2. The van der Waals surface area contributed by atoms with Gasteiger partial charge in [-0.2, -0.15) is 0 Å². The van der Waals surface area contributed by atoms with E-state index in [1.54, 1.807) is 19.4 Å². The van der Waals surface area contributed by atoms with Gasteiger partial charge >= 0.3 is 5.97 Å². The van der Waals surface area contributed by atoms with Crippen LogP contribution < -0.4 is 10.1 Å². The molecule has 6 nitrogen and oxygen atoms in total. The average Bonchev–Trinajstić information content (AvgIpc) is 2.48. The summed E-state index contributed by atoms with van der Waals surface area (Å²) >= 11 is 0. The molecule has 6 heteroatoms. The summed E-state index contributed by atoms with van der Waals surface area (Å²) in [6, 6.07) is 7.01. The summed E-state index contributed by atoms with van der Waals surface area (Å²) in [7, 11) is 1.58. The second-order valence-electron chi connectivity index (χ2n) is 4.12. The minimum Gasteiger partial charge on any atom is -0.481 e. The lowest BCUT2D eigenvalue weighted by Crippen LogP contribution is -2.14. The Balaban J connectivity index is 1.91. The van der Waals surface area contributed by atoms with Crippen LogP contribution in [0.4, 0.5) is 0 Å². The van der Waals surface area contributed by atoms with Crippen LogP contribution in [0, 0.1) is 0 Å². The zero-order chi connectivity index (χ0) is 14.4. The Bertz CT molecular complexity index is 584. The zero-order valence-electron chi connectivity index (χ0n) is 11.0. The molecule has 0 saturated carbocycles. The normalized spacial score (nSPS) is 10.2. The van der Waals surface area contributed by atoms with E-state index < -0.39 is 5.97 Å². The van der Waals surface area contributed by atoms with E-state index in [-0.39, 0.29) is 5.56 Å². The van der Waals surface area contributed by atoms with Crippen LogP contribution in [-0.4, -0.2) is 28.2 Å². The van der Waals surface area contributed by atoms with Crippen molar-refractivity contribution in [2.24, 2.45) is 0 Å². The molecule has 0 fully saturated rings. The Kier molecular flexibility index (Phi) is 4.62. The fraction of sp³-hybridized carbons (Fsp3) is 0.214. The van der Waals surface area contributed by atoms with E-state index in [1.165, 1.54) is 12.3 Å². The van der Waals surface area contributed by atoms with E-state index >= 15 is 0 Å². The van der Waals surface area contributed by atoms with E-state index in [9.17, 15) is 4.79 Å². The Morgan fingerprint density at radius 3 is 2.80 bits per heavy atom. The Morgan fingerprint density at radius 1 is 1.30 bits per heavy atom. The number of carboxylic acids is 1. The number of carbonyl (C=O) groups is 1. The van der Waals surface area contributed by atoms with Gasteiger partial charge in [0.05, 0.1) is 18.4 Å². The topological polar surface area (TPSA) is 84.3 Å². The number of ether oxygens (including phenoxy) is 1. The summed E-state index contributed by atoms with van der Waals surface area (Å²) in [5.41, 5.74) is 1.91. The first-order valence-electron chi connectivity index (χ1n) is 6.07. The van der Waals surface area contributed by atoms with Crippen molar-refractivity contribution in [1.82, 2.24) is 15.3 Å². The summed E-state index contributed by atoms with van der Waals surface area (Å²) in [5, 5.41) is 12.0. The Labute approximate surface area is 116 Å². The minimum atomic E-state index is -0.975. The van der Waals surface area contributed by atoms with E-state index in [1.807, 2.05) is 12.1 Å². The van der Waals surface area contributed by atoms with Crippen LogP contribution in [0.1, 0.15) is 21.6 Å². The summed E-state index contributed by atoms with van der Waals surface area (Å²) in [5.74, 6) is -0.383. The van der Waals surface area contributed by atoms with E-state index in [2.05, 4.69) is 15.3 Å². The highest BCUT2D eigenvalue weighted by Crippen LogP contribution is 2.13. The van der Waals surface area contributed by atoms with E-state index in [0.29, 0.717) is 19.0 Å². The predicted molar refractivity (Wildman–Crippen MR) is 72.5 cm³/mol. The molecule has 2 aromatic rings. The van der Waals surface area contributed by atoms with Gasteiger partial charge in [0.1, 0.15) is 0 Å². The maximum Gasteiger partial charge on any atom is 0.337 e. The first-order chi connectivity index (χ1) is 9.70. The van der Waals surface area contributed by atoms with Gasteiger partial charge in [-0.15, -0.1) is 0 Å². The predicted octanol–water partition coefficient (Wildman–Crippen LogP) is 1.47. The first kappa shape index (κ1) is 14.0. The van der Waals surface area contributed by atoms with Crippen molar-refractivity contribution in [3.63, 3.8) is 0 Å². The summed E-state index contributed by atoms with van der Waals surface area (Å²) in [4.78, 5) is 18.9. The molecule has 0 amide bonds. The summed E-state index contributed by atoms with van der Waals surface area (Å²) < 4.78 is 5.16. The third-order valence-corrected chi connectivity index (χ3v) is 2.74. The van der Waals surface area contributed by atoms with Crippen LogP contribution in [0.15, 0.2) is 36.7 Å². The van der Waals surface area contributed by atoms with Gasteiger partial charge in [0, 0.05) is 31.0 Å². The van der Waals surface area contributed by atoms with Gasteiger partial charge in [-0.3, -0.25) is 4.98 Å². The molecule has 0 radical (unpaired) electrons. The van der Waals surface area contributed by atoms with Crippen LogP contribution in [0.5, 0.6) is 5.88 Å². The third kappa shape index (κ3) is 3.52. The molecule has 104 valence electrons. The molecule has 0 aliphatic carbocycles. The standard InChI is InChI=1S/C14H15N3O3/c1-20-13-10(3-2-6-16-13)7-15-9-12-5-4-11(8-17-12)14(18)19/h2-6,8,15H,7,9H2,1H3,(H,18,19). The molecule has 0 bridgehead atoms. The highest BCUT2D eigenvalue weighted by molar-refractivity contribution is 5.87. The molecule has 2 aromatic heterocycles. The molecule has 0 aliphatic rings. The molecule has 0 atom stereocenters. The van der Waals surface area contributed by atoms with Crippen molar-refractivity contribution in [1.29, 1.82) is 0 Å². The van der Waals surface area contributed by atoms with Gasteiger partial charge in [-0.25, -0.2) is 9.78 Å². The Morgan fingerprint density at radius 2 is 2.15 bits per heavy atom. The molecule has 2 rings (SSSR count). The molecule has 0 saturated heterocycles. The molecule has 0 unspecified atom stereocenters. The van der Waals surface area contributed by atoms with Gasteiger partial charge < -0.3 is 15.2 Å². The van der Waals surface area contributed by atoms with Crippen molar-refractivity contribution in [2.75, 3.05) is 7.11 Å². The van der Waals surface area contributed by atoms with Crippen molar-refractivity contribution in [2.45, 2.75) is 13.1 Å². The second kappa shape index (κ2) is 6.63. The van der Waals surface area contributed by atoms with E-state index in [0.717, 1.165) is 11.3 Å². The third-order valence-electron chi connectivity index (χ3n) is 2.74. The van der Waals surface area contributed by atoms with Crippen molar-refractivity contribution >= 4 is 5.97 Å². The van der Waals surface area contributed by atoms with Crippen LogP contribution >= 0.6 is 0 Å². The van der Waals surface area contributed by atoms with Crippen molar-refractivity contribution < 1.29 is 14.6 Å². The van der Waals surface area contributed by atoms with Crippen molar-refractivity contribution in [3.05, 3.63) is 53.5 Å². The molecule has 0 aliphatic heterocycles. The molecule has 0 spiro atoms. The molecular weight excluding hydrogens is 258 g/mol. The highest BCUT2D eigenvalue weighted by Gasteiger charge is 2.04. The molecule has 20 heavy (non-hydrogen) atoms. The number of carboxylic acid groups (broad SMARTS) is 1. The second-order valence-corrected chi connectivity index (χ2v) is 4.12. The average molecular weight is 273 g/mol. The van der Waals surface area contributed by atoms with Gasteiger partial charge in [0.25, 0.3) is 0 Å². The Hall–Kier alpha value is -2.47. The van der Waals surface area contributed by atoms with E-state index in [4.69, 9.17) is 9.84 Å². The summed E-state index contributed by atoms with van der Waals surface area (Å²) in [6.07, 6.45) is 3.03. The number of nitrogens with one attached hydrogen (secondary N) is 1. The lowest BCUT2D eigenvalue weighted by atomic mass is 10.2. The quantitative estimate of drug-likeness (QED) is 0.829. The van der Waals surface area contributed by atoms with Crippen LogP contribution in [0.25, 0.3) is 0 Å². The first-order valence-corrected chi connectivity index (χ1v) is 6.07. The lowest BCUT2D eigenvalue weighted by Gasteiger charge is -2.08.